The second-order valence-corrected chi connectivity index (χ2v) is 16.6. The summed E-state index contributed by atoms with van der Waals surface area (Å²) in [5.41, 5.74) is 19.4. The molecule has 10 aromatic rings. The predicted molar refractivity (Wildman–Crippen MR) is 259 cm³/mol. The minimum atomic E-state index is -0.665. The molecule has 2 aliphatic rings. The van der Waals surface area contributed by atoms with E-state index in [0.29, 0.717) is 0 Å². The third-order valence-electron chi connectivity index (χ3n) is 13.5. The molecule has 12 rings (SSSR count). The first kappa shape index (κ1) is 37.5. The summed E-state index contributed by atoms with van der Waals surface area (Å²) in [4.78, 5) is 14.8. The van der Waals surface area contributed by atoms with Crippen molar-refractivity contribution in [2.45, 2.75) is 10.8 Å². The first-order valence-corrected chi connectivity index (χ1v) is 21.9. The van der Waals surface area contributed by atoms with Crippen LogP contribution >= 0.6 is 0 Å². The Morgan fingerprint density at radius 2 is 0.641 bits per heavy atom. The minimum absolute atomic E-state index is 0.665. The molecule has 0 saturated carbocycles. The molecule has 0 bridgehead atoms. The minimum Gasteiger partial charge on any atom is -0.265 e. The van der Waals surface area contributed by atoms with E-state index in [4.69, 9.17) is 9.97 Å². The fraction of sp³-hybridized carbons (Fsp3) is 0.0328. The largest absolute Gasteiger partial charge is 0.265 e. The van der Waals surface area contributed by atoms with Gasteiger partial charge in [0.2, 0.25) is 0 Å². The first-order chi connectivity index (χ1) is 31.8. The van der Waals surface area contributed by atoms with Crippen molar-refractivity contribution in [2.75, 3.05) is 0 Å². The quantitative estimate of drug-likeness (QED) is 0.143. The Balaban J connectivity index is 1.18. The van der Waals surface area contributed by atoms with Gasteiger partial charge in [-0.25, -0.2) is 0 Å². The second-order valence-electron chi connectivity index (χ2n) is 16.6. The van der Waals surface area contributed by atoms with Gasteiger partial charge in [-0.3, -0.25) is 15.0 Å². The Kier molecular flexibility index (Phi) is 8.94. The third kappa shape index (κ3) is 5.57. The molecule has 0 fully saturated rings. The van der Waals surface area contributed by atoms with Gasteiger partial charge in [0.25, 0.3) is 0 Å². The maximum absolute atomic E-state index is 5.17. The topological polar surface area (TPSA) is 38.7 Å². The van der Waals surface area contributed by atoms with Crippen molar-refractivity contribution in [3.63, 3.8) is 0 Å². The Hall–Kier alpha value is -8.27. The zero-order chi connectivity index (χ0) is 42.5. The van der Waals surface area contributed by atoms with Gasteiger partial charge in [0.1, 0.15) is 0 Å². The number of hydrogen-bond donors (Lipinski definition) is 0. The SMILES string of the molecule is c1ccc(C(=C(c2cccc(C3(c4ccccn4)c4ccccc4-c4ccccc43)c2)c2cccc(C3(c4ccccn4)c4ccccc4-c4ccccc43)c2)c2ccncc2)cc1. The van der Waals surface area contributed by atoms with Crippen LogP contribution in [0.25, 0.3) is 33.4 Å². The molecule has 0 spiro atoms. The summed E-state index contributed by atoms with van der Waals surface area (Å²) in [6, 6.07) is 81.6. The molecule has 3 aromatic heterocycles. The first-order valence-electron chi connectivity index (χ1n) is 21.9. The molecule has 3 nitrogen and oxygen atoms in total. The smallest absolute Gasteiger partial charge is 0.0886 e. The number of benzene rings is 7. The molecule has 7 aromatic carbocycles. The molecule has 3 heterocycles. The van der Waals surface area contributed by atoms with Crippen LogP contribution in [0.3, 0.4) is 0 Å². The molecule has 0 radical (unpaired) electrons. The lowest BCUT2D eigenvalue weighted by Gasteiger charge is -2.34. The second kappa shape index (κ2) is 15.3. The van der Waals surface area contributed by atoms with Crippen LogP contribution in [0.4, 0.5) is 0 Å². The molecular formula is C61H41N3. The van der Waals surface area contributed by atoms with E-state index in [-0.39, 0.29) is 0 Å². The monoisotopic (exact) mass is 815 g/mol. The van der Waals surface area contributed by atoms with Gasteiger partial charge in [0, 0.05) is 24.8 Å². The molecule has 2 aliphatic carbocycles. The van der Waals surface area contributed by atoms with Gasteiger partial charge in [0.05, 0.1) is 22.2 Å². The van der Waals surface area contributed by atoms with E-state index >= 15 is 0 Å². The summed E-state index contributed by atoms with van der Waals surface area (Å²) in [7, 11) is 0. The predicted octanol–water partition coefficient (Wildman–Crippen LogP) is 13.6. The van der Waals surface area contributed by atoms with Crippen LogP contribution in [0, 0.1) is 0 Å². The number of hydrogen-bond acceptors (Lipinski definition) is 3. The van der Waals surface area contributed by atoms with Gasteiger partial charge in [0.15, 0.2) is 0 Å². The Bertz CT molecular complexity index is 3060. The van der Waals surface area contributed by atoms with Crippen molar-refractivity contribution in [1.29, 1.82) is 0 Å². The van der Waals surface area contributed by atoms with Crippen LogP contribution in [0.1, 0.15) is 67.0 Å². The van der Waals surface area contributed by atoms with E-state index in [1.807, 2.05) is 36.9 Å². The average Bonchev–Trinajstić information content (AvgIpc) is 3.86. The highest BCUT2D eigenvalue weighted by Gasteiger charge is 2.48. The maximum Gasteiger partial charge on any atom is 0.0886 e. The van der Waals surface area contributed by atoms with Crippen LogP contribution in [0.15, 0.2) is 249 Å². The molecule has 64 heavy (non-hydrogen) atoms. The number of aromatic nitrogens is 3. The Morgan fingerprint density at radius 3 is 1.06 bits per heavy atom. The van der Waals surface area contributed by atoms with E-state index in [0.717, 1.165) is 55.9 Å². The Morgan fingerprint density at radius 1 is 0.281 bits per heavy atom. The van der Waals surface area contributed by atoms with Gasteiger partial charge in [-0.2, -0.15) is 0 Å². The van der Waals surface area contributed by atoms with Crippen LogP contribution in [-0.4, -0.2) is 15.0 Å². The number of pyridine rings is 3. The molecule has 0 aliphatic heterocycles. The highest BCUT2D eigenvalue weighted by molar-refractivity contribution is 6.05. The van der Waals surface area contributed by atoms with E-state index in [1.54, 1.807) is 0 Å². The lowest BCUT2D eigenvalue weighted by molar-refractivity contribution is 0.734. The van der Waals surface area contributed by atoms with Crippen molar-refractivity contribution in [3.8, 4) is 22.3 Å². The van der Waals surface area contributed by atoms with Crippen molar-refractivity contribution in [3.05, 3.63) is 316 Å². The molecule has 0 atom stereocenters. The van der Waals surface area contributed by atoms with Gasteiger partial charge in [-0.15, -0.1) is 0 Å². The zero-order valence-corrected chi connectivity index (χ0v) is 35.0. The van der Waals surface area contributed by atoms with E-state index in [9.17, 15) is 0 Å². The van der Waals surface area contributed by atoms with Crippen molar-refractivity contribution < 1.29 is 0 Å². The number of rotatable bonds is 8. The van der Waals surface area contributed by atoms with Crippen LogP contribution in [-0.2, 0) is 10.8 Å². The molecule has 300 valence electrons. The lowest BCUT2D eigenvalue weighted by atomic mass is 9.68. The van der Waals surface area contributed by atoms with Crippen molar-refractivity contribution in [1.82, 2.24) is 15.0 Å². The van der Waals surface area contributed by atoms with Crippen LogP contribution < -0.4 is 0 Å². The molecule has 3 heteroatoms. The third-order valence-corrected chi connectivity index (χ3v) is 13.5. The van der Waals surface area contributed by atoms with Gasteiger partial charge in [-0.1, -0.05) is 176 Å². The fourth-order valence-corrected chi connectivity index (χ4v) is 11.0. The lowest BCUT2D eigenvalue weighted by Crippen LogP contribution is -2.30. The summed E-state index contributed by atoms with van der Waals surface area (Å²) >= 11 is 0. The molecular weight excluding hydrogens is 775 g/mol. The maximum atomic E-state index is 5.17. The van der Waals surface area contributed by atoms with Crippen LogP contribution in [0.2, 0.25) is 0 Å². The van der Waals surface area contributed by atoms with Crippen LogP contribution in [0.5, 0.6) is 0 Å². The Labute approximate surface area is 373 Å². The highest BCUT2D eigenvalue weighted by atomic mass is 14.7. The molecule has 0 saturated heterocycles. The van der Waals surface area contributed by atoms with Crippen molar-refractivity contribution >= 4 is 11.1 Å². The zero-order valence-electron chi connectivity index (χ0n) is 35.0. The number of fused-ring (bicyclic) bond motifs is 6. The molecule has 0 N–H and O–H groups in total. The summed E-state index contributed by atoms with van der Waals surface area (Å²) in [6.07, 6.45) is 7.64. The van der Waals surface area contributed by atoms with E-state index in [2.05, 4.69) is 217 Å². The summed E-state index contributed by atoms with van der Waals surface area (Å²) in [5.74, 6) is 0. The summed E-state index contributed by atoms with van der Waals surface area (Å²) < 4.78 is 0. The van der Waals surface area contributed by atoms with E-state index < -0.39 is 10.8 Å². The van der Waals surface area contributed by atoms with Gasteiger partial charge in [-0.05, 0) is 138 Å². The molecule has 0 unspecified atom stereocenters. The number of nitrogens with zero attached hydrogens (tertiary/aromatic N) is 3. The van der Waals surface area contributed by atoms with Crippen molar-refractivity contribution in [2.24, 2.45) is 0 Å². The normalized spacial score (nSPS) is 13.6. The van der Waals surface area contributed by atoms with Gasteiger partial charge >= 0.3 is 0 Å². The standard InChI is InChI=1S/C61H41N3/c1-2-18-42(19-3-1)58(43-34-38-62-39-35-43)59(44-20-16-22-46(40-44)60(56-32-12-14-36-63-56)52-28-8-4-24-48(52)49-25-5-9-29-53(49)60)45-21-17-23-47(41-45)61(57-33-13-15-37-64-57)54-30-10-6-26-50(54)51-27-7-11-31-55(51)61/h1-41H. The average molecular weight is 816 g/mol. The summed E-state index contributed by atoms with van der Waals surface area (Å²) in [6.45, 7) is 0. The van der Waals surface area contributed by atoms with E-state index in [1.165, 1.54) is 44.5 Å². The van der Waals surface area contributed by atoms with Gasteiger partial charge < -0.3 is 0 Å². The molecule has 0 amide bonds. The summed E-state index contributed by atoms with van der Waals surface area (Å²) in [5, 5.41) is 0. The highest BCUT2D eigenvalue weighted by Crippen LogP contribution is 2.58. The fourth-order valence-electron chi connectivity index (χ4n) is 11.0.